The van der Waals surface area contributed by atoms with Crippen molar-refractivity contribution < 1.29 is 9.59 Å². The van der Waals surface area contributed by atoms with Crippen molar-refractivity contribution >= 4 is 17.4 Å². The largest absolute Gasteiger partial charge is 0.295 e. The molecule has 1 heterocycles. The molecule has 3 nitrogen and oxygen atoms in total. The van der Waals surface area contributed by atoms with Gasteiger partial charge in [-0.05, 0) is 18.6 Å². The number of hydrogen-bond acceptors (Lipinski definition) is 2. The van der Waals surface area contributed by atoms with Crippen molar-refractivity contribution in [2.24, 2.45) is 5.92 Å². The third kappa shape index (κ3) is 1.68. The lowest BCUT2D eigenvalue weighted by molar-refractivity contribution is -0.117. The monoisotopic (exact) mass is 227 g/mol. The Morgan fingerprint density at radius 2 is 1.88 bits per heavy atom. The van der Waals surface area contributed by atoms with Crippen LogP contribution in [0.5, 0.6) is 0 Å². The third-order valence-corrected chi connectivity index (χ3v) is 3.41. The van der Waals surface area contributed by atoms with Gasteiger partial charge in [-0.1, -0.05) is 18.2 Å². The van der Waals surface area contributed by atoms with E-state index in [0.717, 1.165) is 17.8 Å². The maximum atomic E-state index is 12.0. The second-order valence-electron chi connectivity index (χ2n) is 4.54. The first-order valence-electron chi connectivity index (χ1n) is 5.88. The van der Waals surface area contributed by atoms with E-state index < -0.39 is 0 Å². The van der Waals surface area contributed by atoms with Gasteiger partial charge in [0.25, 0.3) is 0 Å². The Morgan fingerprint density at radius 3 is 2.65 bits per heavy atom. The first kappa shape index (κ1) is 10.3. The number of nitrogens with zero attached hydrogens (tertiary/aromatic N) is 1. The zero-order valence-electron chi connectivity index (χ0n) is 9.43. The molecular weight excluding hydrogens is 214 g/mol. The normalized spacial score (nSPS) is 23.6. The number of hydrogen-bond donors (Lipinski definition) is 0. The highest BCUT2D eigenvalue weighted by Crippen LogP contribution is 2.38. The van der Waals surface area contributed by atoms with E-state index in [1.807, 2.05) is 30.3 Å². The molecule has 1 aliphatic heterocycles. The minimum Gasteiger partial charge on any atom is -0.295 e. The average molecular weight is 227 g/mol. The highest BCUT2D eigenvalue weighted by molar-refractivity contribution is 6.03. The molecule has 1 saturated heterocycles. The number of amides is 1. The number of allylic oxidation sites excluding steroid dienone is 2. The fourth-order valence-corrected chi connectivity index (χ4v) is 2.59. The molecule has 1 aromatic rings. The van der Waals surface area contributed by atoms with Crippen LogP contribution in [0.2, 0.25) is 0 Å². The van der Waals surface area contributed by atoms with Crippen molar-refractivity contribution in [3.63, 3.8) is 0 Å². The van der Waals surface area contributed by atoms with Crippen molar-refractivity contribution in [3.05, 3.63) is 42.1 Å². The van der Waals surface area contributed by atoms with Gasteiger partial charge in [-0.25, -0.2) is 0 Å². The summed E-state index contributed by atoms with van der Waals surface area (Å²) in [6.07, 6.45) is 3.56. The van der Waals surface area contributed by atoms with Gasteiger partial charge >= 0.3 is 0 Å². The molecule has 0 aromatic heterocycles. The van der Waals surface area contributed by atoms with Crippen LogP contribution in [0.1, 0.15) is 19.3 Å². The number of carbonyl (C=O) groups excluding carboxylic acids is 2. The summed E-state index contributed by atoms with van der Waals surface area (Å²) < 4.78 is 0. The lowest BCUT2D eigenvalue weighted by atomic mass is 9.92. The van der Waals surface area contributed by atoms with Gasteiger partial charge in [-0.15, -0.1) is 0 Å². The van der Waals surface area contributed by atoms with E-state index in [1.54, 1.807) is 11.0 Å². The third-order valence-electron chi connectivity index (χ3n) is 3.41. The summed E-state index contributed by atoms with van der Waals surface area (Å²) in [7, 11) is 0. The number of rotatable bonds is 1. The lowest BCUT2D eigenvalue weighted by Gasteiger charge is -2.22. The molecule has 0 bridgehead atoms. The second-order valence-corrected chi connectivity index (χ2v) is 4.54. The summed E-state index contributed by atoms with van der Waals surface area (Å²) in [6, 6.07) is 9.53. The first-order valence-corrected chi connectivity index (χ1v) is 5.88. The minimum atomic E-state index is 0.0992. The summed E-state index contributed by atoms with van der Waals surface area (Å²) in [4.78, 5) is 25.2. The zero-order chi connectivity index (χ0) is 11.8. The zero-order valence-corrected chi connectivity index (χ0v) is 9.43. The van der Waals surface area contributed by atoms with E-state index in [4.69, 9.17) is 0 Å². The van der Waals surface area contributed by atoms with Gasteiger partial charge in [0.15, 0.2) is 5.78 Å². The molecule has 1 fully saturated rings. The van der Waals surface area contributed by atoms with Crippen LogP contribution in [0.25, 0.3) is 0 Å². The average Bonchev–Trinajstić information content (AvgIpc) is 2.65. The predicted molar refractivity (Wildman–Crippen MR) is 64.4 cm³/mol. The Bertz CT molecular complexity index is 504. The number of benzene rings is 1. The maximum absolute atomic E-state index is 12.0. The Hall–Kier alpha value is -1.90. The molecule has 3 heteroatoms. The fraction of sp³-hybridized carbons (Fsp3) is 0.286. The molecule has 86 valence electrons. The summed E-state index contributed by atoms with van der Waals surface area (Å²) in [5.74, 6) is 0.467. The smallest absolute Gasteiger partial charge is 0.231 e. The molecule has 2 aliphatic rings. The van der Waals surface area contributed by atoms with Crippen LogP contribution in [-0.4, -0.2) is 11.7 Å². The van der Waals surface area contributed by atoms with E-state index in [-0.39, 0.29) is 17.6 Å². The number of carbonyl (C=O) groups is 2. The highest BCUT2D eigenvalue weighted by Gasteiger charge is 2.38. The van der Waals surface area contributed by atoms with Crippen molar-refractivity contribution in [3.8, 4) is 0 Å². The molecule has 1 unspecified atom stereocenters. The molecule has 1 amide bonds. The van der Waals surface area contributed by atoms with Gasteiger partial charge in [-0.2, -0.15) is 0 Å². The molecule has 1 aliphatic carbocycles. The molecule has 17 heavy (non-hydrogen) atoms. The van der Waals surface area contributed by atoms with Crippen LogP contribution in [-0.2, 0) is 9.59 Å². The second kappa shape index (κ2) is 3.84. The van der Waals surface area contributed by atoms with E-state index in [9.17, 15) is 9.59 Å². The molecule has 1 atom stereocenters. The Kier molecular flexibility index (Phi) is 2.32. The molecule has 0 saturated carbocycles. The number of anilines is 1. The summed E-state index contributed by atoms with van der Waals surface area (Å²) in [5, 5.41) is 0. The predicted octanol–water partition coefficient (Wildman–Crippen LogP) is 2.29. The molecular formula is C14H13NO2. The van der Waals surface area contributed by atoms with Crippen LogP contribution < -0.4 is 4.90 Å². The quantitative estimate of drug-likeness (QED) is 0.738. The van der Waals surface area contributed by atoms with Crippen LogP contribution in [0.3, 0.4) is 0 Å². The van der Waals surface area contributed by atoms with Crippen LogP contribution in [0.15, 0.2) is 42.1 Å². The van der Waals surface area contributed by atoms with Crippen LogP contribution in [0.4, 0.5) is 5.69 Å². The highest BCUT2D eigenvalue weighted by atomic mass is 16.2. The Labute approximate surface area is 99.7 Å². The summed E-state index contributed by atoms with van der Waals surface area (Å²) in [5.41, 5.74) is 1.75. The van der Waals surface area contributed by atoms with Crippen LogP contribution in [0, 0.1) is 5.92 Å². The van der Waals surface area contributed by atoms with E-state index in [0.29, 0.717) is 12.8 Å². The Morgan fingerprint density at radius 1 is 1.12 bits per heavy atom. The van der Waals surface area contributed by atoms with Crippen LogP contribution >= 0.6 is 0 Å². The van der Waals surface area contributed by atoms with Crippen molar-refractivity contribution in [2.45, 2.75) is 19.3 Å². The van der Waals surface area contributed by atoms with Crippen molar-refractivity contribution in [2.75, 3.05) is 4.90 Å². The van der Waals surface area contributed by atoms with Gasteiger partial charge in [0.2, 0.25) is 5.91 Å². The molecule has 1 aromatic carbocycles. The number of para-hydroxylation sites is 1. The van der Waals surface area contributed by atoms with E-state index in [1.165, 1.54) is 0 Å². The molecule has 0 spiro atoms. The van der Waals surface area contributed by atoms with E-state index >= 15 is 0 Å². The molecule has 0 N–H and O–H groups in total. The number of fused-ring (bicyclic) bond motifs is 1. The standard InChI is InChI=1S/C14H13NO2/c16-12-7-6-10-8-14(17)15(13(10)9-12)11-4-2-1-3-5-11/h1-5,9-10H,6-8H2. The first-order chi connectivity index (χ1) is 8.25. The maximum Gasteiger partial charge on any atom is 0.231 e. The number of ketones is 1. The van der Waals surface area contributed by atoms with Gasteiger partial charge in [0.05, 0.1) is 0 Å². The van der Waals surface area contributed by atoms with Gasteiger partial charge in [0.1, 0.15) is 0 Å². The lowest BCUT2D eigenvalue weighted by Crippen LogP contribution is -2.24. The minimum absolute atomic E-state index is 0.0992. The topological polar surface area (TPSA) is 37.4 Å². The molecule has 0 radical (unpaired) electrons. The fourth-order valence-electron chi connectivity index (χ4n) is 2.59. The summed E-state index contributed by atoms with van der Waals surface area (Å²) in [6.45, 7) is 0. The van der Waals surface area contributed by atoms with E-state index in [2.05, 4.69) is 0 Å². The van der Waals surface area contributed by atoms with Crippen molar-refractivity contribution in [1.29, 1.82) is 0 Å². The summed E-state index contributed by atoms with van der Waals surface area (Å²) >= 11 is 0. The van der Waals surface area contributed by atoms with Gasteiger partial charge in [0, 0.05) is 36.2 Å². The van der Waals surface area contributed by atoms with Crippen molar-refractivity contribution in [1.82, 2.24) is 0 Å². The SMILES string of the molecule is O=C1C=C2C(CC1)CC(=O)N2c1ccccc1. The Balaban J connectivity index is 2.04. The van der Waals surface area contributed by atoms with Gasteiger partial charge in [-0.3, -0.25) is 14.5 Å². The molecule has 3 rings (SSSR count). The van der Waals surface area contributed by atoms with Gasteiger partial charge < -0.3 is 0 Å².